The van der Waals surface area contributed by atoms with Gasteiger partial charge in [-0.1, -0.05) is 30.2 Å². The molecule has 0 saturated heterocycles. The molecule has 1 aromatic carbocycles. The Hall–Kier alpha value is -1.95. The molecule has 0 spiro atoms. The first-order chi connectivity index (χ1) is 13.0. The normalized spacial score (nSPS) is 24.9. The third-order valence-electron chi connectivity index (χ3n) is 6.42. The predicted molar refractivity (Wildman–Crippen MR) is 109 cm³/mol. The van der Waals surface area contributed by atoms with Gasteiger partial charge in [0.1, 0.15) is 0 Å². The lowest BCUT2D eigenvalue weighted by Crippen LogP contribution is -2.40. The quantitative estimate of drug-likeness (QED) is 0.732. The van der Waals surface area contributed by atoms with Gasteiger partial charge < -0.3 is 5.32 Å². The van der Waals surface area contributed by atoms with Crippen molar-refractivity contribution < 1.29 is 4.79 Å². The number of hydrogen-bond acceptors (Lipinski definition) is 3. The number of carbonyl (C=O) groups excluding carboxylic acids is 1. The SMILES string of the molecule is Cc1cccc(-c2n[nH]c(=S)n2CCC(=O)NC(C)C2CC3CCC2C3)c1. The average Bonchev–Trinajstić information content (AvgIpc) is 3.35. The van der Waals surface area contributed by atoms with E-state index in [1.54, 1.807) is 0 Å². The molecule has 2 bridgehead atoms. The third kappa shape index (κ3) is 3.86. The molecule has 1 heterocycles. The Labute approximate surface area is 165 Å². The molecular formula is C21H28N4OS. The number of nitrogens with zero attached hydrogens (tertiary/aromatic N) is 2. The highest BCUT2D eigenvalue weighted by Crippen LogP contribution is 2.49. The van der Waals surface area contributed by atoms with Crippen LogP contribution in [0.3, 0.4) is 0 Å². The van der Waals surface area contributed by atoms with E-state index >= 15 is 0 Å². The second kappa shape index (κ2) is 7.58. The van der Waals surface area contributed by atoms with Crippen molar-refractivity contribution in [1.82, 2.24) is 20.1 Å². The third-order valence-corrected chi connectivity index (χ3v) is 6.73. The van der Waals surface area contributed by atoms with Crippen LogP contribution in [-0.4, -0.2) is 26.7 Å². The van der Waals surface area contributed by atoms with Crippen LogP contribution in [0, 0.1) is 29.4 Å². The van der Waals surface area contributed by atoms with E-state index < -0.39 is 0 Å². The van der Waals surface area contributed by atoms with E-state index in [1.165, 1.54) is 31.2 Å². The van der Waals surface area contributed by atoms with E-state index in [-0.39, 0.29) is 11.9 Å². The minimum atomic E-state index is 0.101. The van der Waals surface area contributed by atoms with Crippen molar-refractivity contribution in [2.75, 3.05) is 0 Å². The van der Waals surface area contributed by atoms with Gasteiger partial charge in [0.05, 0.1) is 0 Å². The van der Waals surface area contributed by atoms with Gasteiger partial charge in [0.15, 0.2) is 10.6 Å². The first-order valence-corrected chi connectivity index (χ1v) is 10.4. The second-order valence-electron chi connectivity index (χ2n) is 8.32. The van der Waals surface area contributed by atoms with Gasteiger partial charge in [-0.2, -0.15) is 5.10 Å². The summed E-state index contributed by atoms with van der Waals surface area (Å²) in [4.78, 5) is 12.5. The first kappa shape index (κ1) is 18.4. The molecule has 2 N–H and O–H groups in total. The largest absolute Gasteiger partial charge is 0.353 e. The Morgan fingerprint density at radius 1 is 1.41 bits per heavy atom. The summed E-state index contributed by atoms with van der Waals surface area (Å²) in [5.74, 6) is 3.27. The average molecular weight is 385 g/mol. The van der Waals surface area contributed by atoms with E-state index in [0.717, 1.165) is 23.2 Å². The topological polar surface area (TPSA) is 62.7 Å². The van der Waals surface area contributed by atoms with Crippen molar-refractivity contribution in [3.05, 3.63) is 34.6 Å². The molecule has 2 fully saturated rings. The first-order valence-electron chi connectivity index (χ1n) is 10.0. The van der Waals surface area contributed by atoms with Crippen molar-refractivity contribution in [3.8, 4) is 11.4 Å². The molecule has 27 heavy (non-hydrogen) atoms. The van der Waals surface area contributed by atoms with Crippen LogP contribution in [0.5, 0.6) is 0 Å². The van der Waals surface area contributed by atoms with Crippen molar-refractivity contribution in [3.63, 3.8) is 0 Å². The van der Waals surface area contributed by atoms with Crippen LogP contribution < -0.4 is 5.32 Å². The molecule has 5 nitrogen and oxygen atoms in total. The number of rotatable bonds is 6. The number of aromatic nitrogens is 3. The number of aryl methyl sites for hydroxylation is 1. The van der Waals surface area contributed by atoms with Crippen LogP contribution in [0.1, 0.15) is 44.6 Å². The number of nitrogens with one attached hydrogen (secondary N) is 2. The van der Waals surface area contributed by atoms with Gasteiger partial charge in [0, 0.05) is 24.6 Å². The molecule has 1 amide bonds. The zero-order chi connectivity index (χ0) is 19.0. The minimum absolute atomic E-state index is 0.101. The zero-order valence-corrected chi connectivity index (χ0v) is 16.9. The van der Waals surface area contributed by atoms with E-state index in [0.29, 0.717) is 23.7 Å². The number of hydrogen-bond donors (Lipinski definition) is 2. The van der Waals surface area contributed by atoms with Crippen LogP contribution in [0.15, 0.2) is 24.3 Å². The maximum atomic E-state index is 12.5. The second-order valence-corrected chi connectivity index (χ2v) is 8.71. The molecule has 0 radical (unpaired) electrons. The highest BCUT2D eigenvalue weighted by Gasteiger charge is 2.42. The Balaban J connectivity index is 1.38. The van der Waals surface area contributed by atoms with Gasteiger partial charge in [-0.25, -0.2) is 0 Å². The van der Waals surface area contributed by atoms with Crippen LogP contribution in [0.4, 0.5) is 0 Å². The van der Waals surface area contributed by atoms with Crippen LogP contribution >= 0.6 is 12.2 Å². The molecular weight excluding hydrogens is 356 g/mol. The van der Waals surface area contributed by atoms with Crippen molar-refractivity contribution in [2.45, 2.75) is 58.5 Å². The summed E-state index contributed by atoms with van der Waals surface area (Å²) in [7, 11) is 0. The molecule has 0 aliphatic heterocycles. The predicted octanol–water partition coefficient (Wildman–Crippen LogP) is 4.25. The maximum Gasteiger partial charge on any atom is 0.222 e. The summed E-state index contributed by atoms with van der Waals surface area (Å²) >= 11 is 5.38. The van der Waals surface area contributed by atoms with E-state index in [2.05, 4.69) is 41.5 Å². The lowest BCUT2D eigenvalue weighted by molar-refractivity contribution is -0.122. The molecule has 1 aromatic heterocycles. The Bertz CT molecular complexity index is 886. The van der Waals surface area contributed by atoms with Crippen molar-refractivity contribution >= 4 is 18.1 Å². The van der Waals surface area contributed by atoms with E-state index in [4.69, 9.17) is 12.2 Å². The number of carbonyl (C=O) groups is 1. The highest BCUT2D eigenvalue weighted by atomic mass is 32.1. The molecule has 4 unspecified atom stereocenters. The number of fused-ring (bicyclic) bond motifs is 2. The number of benzene rings is 1. The maximum absolute atomic E-state index is 12.5. The van der Waals surface area contributed by atoms with Crippen molar-refractivity contribution in [2.24, 2.45) is 17.8 Å². The van der Waals surface area contributed by atoms with E-state index in [1.807, 2.05) is 16.7 Å². The summed E-state index contributed by atoms with van der Waals surface area (Å²) < 4.78 is 2.48. The van der Waals surface area contributed by atoms with Gasteiger partial charge >= 0.3 is 0 Å². The molecule has 4 rings (SSSR count). The molecule has 2 saturated carbocycles. The summed E-state index contributed by atoms with van der Waals surface area (Å²) in [6, 6.07) is 8.43. The monoisotopic (exact) mass is 384 g/mol. The summed E-state index contributed by atoms with van der Waals surface area (Å²) in [6.45, 7) is 4.76. The molecule has 4 atom stereocenters. The fourth-order valence-electron chi connectivity index (χ4n) is 5.08. The summed E-state index contributed by atoms with van der Waals surface area (Å²) in [5.41, 5.74) is 2.18. The molecule has 144 valence electrons. The fourth-order valence-corrected chi connectivity index (χ4v) is 5.31. The molecule has 2 aliphatic rings. The Morgan fingerprint density at radius 2 is 2.26 bits per heavy atom. The minimum Gasteiger partial charge on any atom is -0.353 e. The standard InChI is InChI=1S/C21H28N4OS/c1-13-4-3-5-17(10-13)20-23-24-21(27)25(20)9-8-19(26)22-14(2)18-12-15-6-7-16(18)11-15/h3-5,10,14-16,18H,6-9,11-12H2,1-2H3,(H,22,26)(H,24,27). The fraction of sp³-hybridized carbons (Fsp3) is 0.571. The van der Waals surface area contributed by atoms with E-state index in [9.17, 15) is 4.79 Å². The summed E-state index contributed by atoms with van der Waals surface area (Å²) in [5, 5.41) is 10.5. The summed E-state index contributed by atoms with van der Waals surface area (Å²) in [6.07, 6.45) is 5.81. The van der Waals surface area contributed by atoms with Gasteiger partial charge in [-0.3, -0.25) is 14.5 Å². The zero-order valence-electron chi connectivity index (χ0n) is 16.1. The Morgan fingerprint density at radius 3 is 2.96 bits per heavy atom. The van der Waals surface area contributed by atoms with Crippen molar-refractivity contribution in [1.29, 1.82) is 0 Å². The smallest absolute Gasteiger partial charge is 0.222 e. The number of amides is 1. The van der Waals surface area contributed by atoms with Gasteiger partial charge in [-0.05, 0) is 69.1 Å². The van der Waals surface area contributed by atoms with Gasteiger partial charge in [0.25, 0.3) is 0 Å². The van der Waals surface area contributed by atoms with Crippen LogP contribution in [0.25, 0.3) is 11.4 Å². The van der Waals surface area contributed by atoms with Crippen LogP contribution in [0.2, 0.25) is 0 Å². The lowest BCUT2D eigenvalue weighted by atomic mass is 9.84. The number of H-pyrrole nitrogens is 1. The van der Waals surface area contributed by atoms with Crippen LogP contribution in [-0.2, 0) is 11.3 Å². The van der Waals surface area contributed by atoms with Gasteiger partial charge in [0.2, 0.25) is 5.91 Å². The highest BCUT2D eigenvalue weighted by molar-refractivity contribution is 7.71. The number of aromatic amines is 1. The Kier molecular flexibility index (Phi) is 5.17. The van der Waals surface area contributed by atoms with Gasteiger partial charge in [-0.15, -0.1) is 0 Å². The molecule has 2 aromatic rings. The lowest BCUT2D eigenvalue weighted by Gasteiger charge is -2.28. The molecule has 2 aliphatic carbocycles. The molecule has 6 heteroatoms.